The molecule has 3 rings (SSSR count). The Labute approximate surface area is 152 Å². The molecule has 2 fully saturated rings. The number of nitrogens with one attached hydrogen (secondary N) is 2. The number of ether oxygens (including phenoxy) is 2. The highest BCUT2D eigenvalue weighted by Gasteiger charge is 2.42. The van der Waals surface area contributed by atoms with Crippen molar-refractivity contribution < 1.29 is 19.1 Å². The highest BCUT2D eigenvalue weighted by molar-refractivity contribution is 6.35. The lowest BCUT2D eigenvalue weighted by atomic mass is 9.94. The van der Waals surface area contributed by atoms with E-state index in [-0.39, 0.29) is 19.2 Å². The fourth-order valence-corrected chi connectivity index (χ4v) is 3.35. The number of rotatable bonds is 4. The van der Waals surface area contributed by atoms with Crippen LogP contribution >= 0.6 is 11.6 Å². The normalized spacial score (nSPS) is 21.9. The molecule has 7 heteroatoms. The summed E-state index contributed by atoms with van der Waals surface area (Å²) in [5, 5.41) is 5.83. The maximum absolute atomic E-state index is 11.9. The average molecular weight is 367 g/mol. The Morgan fingerprint density at radius 2 is 1.76 bits per heavy atom. The smallest absolute Gasteiger partial charge is 0.309 e. The van der Waals surface area contributed by atoms with Crippen molar-refractivity contribution in [1.82, 2.24) is 10.6 Å². The SMILES string of the molecule is O=C(NCc1ccc(Cl)cc1)C(=O)NC[C@@H]1COC2(CCCCC2)O1. The molecule has 1 aromatic rings. The van der Waals surface area contributed by atoms with Crippen molar-refractivity contribution in [3.8, 4) is 0 Å². The largest absolute Gasteiger partial charge is 0.347 e. The Hall–Kier alpha value is -1.63. The molecule has 6 nitrogen and oxygen atoms in total. The number of halogens is 1. The molecule has 2 aliphatic rings. The summed E-state index contributed by atoms with van der Waals surface area (Å²) in [4.78, 5) is 23.8. The molecule has 136 valence electrons. The third-order valence-electron chi connectivity index (χ3n) is 4.59. The Morgan fingerprint density at radius 3 is 2.48 bits per heavy atom. The molecule has 2 amide bonds. The molecule has 1 aliphatic heterocycles. The lowest BCUT2D eigenvalue weighted by Crippen LogP contribution is -2.43. The summed E-state index contributed by atoms with van der Waals surface area (Å²) in [6.07, 6.45) is 5.02. The van der Waals surface area contributed by atoms with Gasteiger partial charge in [0.25, 0.3) is 0 Å². The highest BCUT2D eigenvalue weighted by atomic mass is 35.5. The Bertz CT molecular complexity index is 614. The van der Waals surface area contributed by atoms with Crippen LogP contribution in [0.3, 0.4) is 0 Å². The summed E-state index contributed by atoms with van der Waals surface area (Å²) in [5.74, 6) is -1.80. The monoisotopic (exact) mass is 366 g/mol. The predicted octanol–water partition coefficient (Wildman–Crippen LogP) is 2.15. The van der Waals surface area contributed by atoms with Gasteiger partial charge in [0.15, 0.2) is 5.79 Å². The summed E-state index contributed by atoms with van der Waals surface area (Å²) in [5.41, 5.74) is 0.873. The highest BCUT2D eigenvalue weighted by Crippen LogP contribution is 2.37. The van der Waals surface area contributed by atoms with Crippen molar-refractivity contribution in [3.63, 3.8) is 0 Å². The first-order chi connectivity index (χ1) is 12.1. The van der Waals surface area contributed by atoms with Gasteiger partial charge in [0.05, 0.1) is 6.61 Å². The van der Waals surface area contributed by atoms with Crippen LogP contribution in [-0.4, -0.2) is 36.9 Å². The maximum Gasteiger partial charge on any atom is 0.309 e. The molecule has 1 spiro atoms. The molecule has 2 N–H and O–H groups in total. The molecule has 1 aliphatic carbocycles. The number of hydrogen-bond donors (Lipinski definition) is 2. The van der Waals surface area contributed by atoms with Gasteiger partial charge in [0.1, 0.15) is 6.10 Å². The zero-order chi connectivity index (χ0) is 17.7. The van der Waals surface area contributed by atoms with E-state index in [1.165, 1.54) is 6.42 Å². The van der Waals surface area contributed by atoms with E-state index >= 15 is 0 Å². The van der Waals surface area contributed by atoms with Crippen LogP contribution in [0.1, 0.15) is 37.7 Å². The van der Waals surface area contributed by atoms with E-state index in [0.29, 0.717) is 11.6 Å². The second kappa shape index (κ2) is 8.17. The maximum atomic E-state index is 11.9. The van der Waals surface area contributed by atoms with E-state index in [4.69, 9.17) is 21.1 Å². The molecule has 25 heavy (non-hydrogen) atoms. The summed E-state index contributed by atoms with van der Waals surface area (Å²) in [6, 6.07) is 7.07. The molecule has 1 saturated carbocycles. The molecular formula is C18H23ClN2O4. The van der Waals surface area contributed by atoms with Crippen LogP contribution in [0, 0.1) is 0 Å². The van der Waals surface area contributed by atoms with Gasteiger partial charge in [-0.15, -0.1) is 0 Å². The van der Waals surface area contributed by atoms with Crippen molar-refractivity contribution in [1.29, 1.82) is 0 Å². The number of benzene rings is 1. The lowest BCUT2D eigenvalue weighted by molar-refractivity contribution is -0.186. The molecule has 0 unspecified atom stereocenters. The predicted molar refractivity (Wildman–Crippen MR) is 92.9 cm³/mol. The summed E-state index contributed by atoms with van der Waals surface area (Å²) < 4.78 is 11.8. The van der Waals surface area contributed by atoms with Gasteiger partial charge in [0, 0.05) is 31.0 Å². The third kappa shape index (κ3) is 4.93. The van der Waals surface area contributed by atoms with Crippen molar-refractivity contribution in [3.05, 3.63) is 34.9 Å². The van der Waals surface area contributed by atoms with Gasteiger partial charge in [-0.2, -0.15) is 0 Å². The third-order valence-corrected chi connectivity index (χ3v) is 4.84. The van der Waals surface area contributed by atoms with E-state index < -0.39 is 17.6 Å². The zero-order valence-electron chi connectivity index (χ0n) is 14.1. The Balaban J connectivity index is 1.38. The lowest BCUT2D eigenvalue weighted by Gasteiger charge is -2.31. The first-order valence-corrected chi connectivity index (χ1v) is 9.06. The molecule has 0 bridgehead atoms. The van der Waals surface area contributed by atoms with Crippen LogP contribution in [0.25, 0.3) is 0 Å². The second-order valence-corrected chi connectivity index (χ2v) is 6.98. The number of carbonyl (C=O) groups excluding carboxylic acids is 2. The molecule has 1 aromatic carbocycles. The van der Waals surface area contributed by atoms with Crippen molar-refractivity contribution in [2.45, 2.75) is 50.5 Å². The van der Waals surface area contributed by atoms with E-state index in [1.807, 2.05) is 0 Å². The number of carbonyl (C=O) groups is 2. The van der Waals surface area contributed by atoms with E-state index in [9.17, 15) is 9.59 Å². The van der Waals surface area contributed by atoms with Crippen LogP contribution < -0.4 is 10.6 Å². The van der Waals surface area contributed by atoms with Crippen molar-refractivity contribution >= 4 is 23.4 Å². The molecular weight excluding hydrogens is 344 g/mol. The van der Waals surface area contributed by atoms with Crippen LogP contribution in [0.2, 0.25) is 5.02 Å². The van der Waals surface area contributed by atoms with Crippen LogP contribution in [0.4, 0.5) is 0 Å². The molecule has 1 atom stereocenters. The van der Waals surface area contributed by atoms with Crippen LogP contribution in [-0.2, 0) is 25.6 Å². The summed E-state index contributed by atoms with van der Waals surface area (Å²) in [7, 11) is 0. The van der Waals surface area contributed by atoms with Crippen LogP contribution in [0.5, 0.6) is 0 Å². The van der Waals surface area contributed by atoms with E-state index in [1.54, 1.807) is 24.3 Å². The van der Waals surface area contributed by atoms with E-state index in [0.717, 1.165) is 31.2 Å². The summed E-state index contributed by atoms with van der Waals surface area (Å²) in [6.45, 7) is 0.997. The Kier molecular flexibility index (Phi) is 5.93. The quantitative estimate of drug-likeness (QED) is 0.800. The van der Waals surface area contributed by atoms with Gasteiger partial charge in [-0.05, 0) is 30.5 Å². The van der Waals surface area contributed by atoms with Gasteiger partial charge in [-0.25, -0.2) is 0 Å². The van der Waals surface area contributed by atoms with Gasteiger partial charge in [-0.3, -0.25) is 9.59 Å². The summed E-state index contributed by atoms with van der Waals surface area (Å²) >= 11 is 5.81. The fraction of sp³-hybridized carbons (Fsp3) is 0.556. The molecule has 0 aromatic heterocycles. The number of amides is 2. The Morgan fingerprint density at radius 1 is 1.08 bits per heavy atom. The first-order valence-electron chi connectivity index (χ1n) is 8.69. The van der Waals surface area contributed by atoms with Gasteiger partial charge >= 0.3 is 11.8 Å². The molecule has 1 saturated heterocycles. The van der Waals surface area contributed by atoms with Crippen LogP contribution in [0.15, 0.2) is 24.3 Å². The minimum Gasteiger partial charge on any atom is -0.347 e. The minimum absolute atomic E-state index is 0.203. The minimum atomic E-state index is -0.666. The topological polar surface area (TPSA) is 76.7 Å². The molecule has 1 heterocycles. The second-order valence-electron chi connectivity index (χ2n) is 6.54. The average Bonchev–Trinajstić information content (AvgIpc) is 3.02. The zero-order valence-corrected chi connectivity index (χ0v) is 14.8. The fourth-order valence-electron chi connectivity index (χ4n) is 3.22. The van der Waals surface area contributed by atoms with E-state index in [2.05, 4.69) is 10.6 Å². The number of hydrogen-bond acceptors (Lipinski definition) is 4. The van der Waals surface area contributed by atoms with Gasteiger partial charge in [0.2, 0.25) is 0 Å². The first kappa shape index (κ1) is 18.2. The standard InChI is InChI=1S/C18H23ClN2O4/c19-14-6-4-13(5-7-14)10-20-16(22)17(23)21-11-15-12-24-18(25-15)8-2-1-3-9-18/h4-7,15H,1-3,8-12H2,(H,20,22)(H,21,23)/t15-/m1/s1. The van der Waals surface area contributed by atoms with Crippen molar-refractivity contribution in [2.75, 3.05) is 13.2 Å². The van der Waals surface area contributed by atoms with Crippen molar-refractivity contribution in [2.24, 2.45) is 0 Å². The van der Waals surface area contributed by atoms with Gasteiger partial charge in [-0.1, -0.05) is 30.2 Å². The molecule has 0 radical (unpaired) electrons. The van der Waals surface area contributed by atoms with Gasteiger partial charge < -0.3 is 20.1 Å².